The van der Waals surface area contributed by atoms with Gasteiger partial charge in [0, 0.05) is 4.47 Å². The lowest BCUT2D eigenvalue weighted by molar-refractivity contribution is 0.416. The molecule has 0 bridgehead atoms. The maximum absolute atomic E-state index is 5.21. The number of hydrogen-bond donors (Lipinski definition) is 0. The summed E-state index contributed by atoms with van der Waals surface area (Å²) < 4.78 is 11.3. The Morgan fingerprint density at radius 2 is 2.25 bits per heavy atom. The molecule has 0 aliphatic carbocycles. The van der Waals surface area contributed by atoms with Crippen LogP contribution in [-0.4, -0.2) is 13.3 Å². The molecule has 0 unspecified atom stereocenters. The second-order valence-corrected chi connectivity index (χ2v) is 4.01. The van der Waals surface area contributed by atoms with Crippen LogP contribution in [0.15, 0.2) is 50.5 Å². The molecule has 0 spiro atoms. The lowest BCUT2D eigenvalue weighted by Gasteiger charge is -2.03. The topological polar surface area (TPSA) is 34.7 Å². The molecule has 2 rings (SSSR count). The molecule has 1 aromatic carbocycles. The van der Waals surface area contributed by atoms with Crippen molar-refractivity contribution in [3.63, 3.8) is 0 Å². The summed E-state index contributed by atoms with van der Waals surface area (Å²) in [6.07, 6.45) is 3.27. The first-order valence-electron chi connectivity index (χ1n) is 4.71. The van der Waals surface area contributed by atoms with Crippen molar-refractivity contribution in [2.24, 2.45) is 4.99 Å². The van der Waals surface area contributed by atoms with Crippen LogP contribution in [0.3, 0.4) is 0 Å². The molecular formula is C12H10BrNO2. The third-order valence-electron chi connectivity index (χ3n) is 2.01. The highest BCUT2D eigenvalue weighted by molar-refractivity contribution is 9.10. The number of aliphatic imine (C=N–C) groups is 1. The summed E-state index contributed by atoms with van der Waals surface area (Å²) in [5.74, 6) is 1.44. The molecule has 0 fully saturated rings. The van der Waals surface area contributed by atoms with Crippen LogP contribution >= 0.6 is 15.9 Å². The highest BCUT2D eigenvalue weighted by Crippen LogP contribution is 2.30. The molecule has 0 atom stereocenters. The fourth-order valence-electron chi connectivity index (χ4n) is 1.26. The predicted molar refractivity (Wildman–Crippen MR) is 66.7 cm³/mol. The molecule has 2 aromatic rings. The first-order valence-corrected chi connectivity index (χ1v) is 5.50. The van der Waals surface area contributed by atoms with Gasteiger partial charge in [0.05, 0.1) is 19.6 Å². The van der Waals surface area contributed by atoms with Gasteiger partial charge in [-0.15, -0.1) is 0 Å². The number of halogens is 1. The Bertz CT molecular complexity index is 492. The van der Waals surface area contributed by atoms with Crippen LogP contribution in [-0.2, 0) is 0 Å². The molecule has 3 nitrogen and oxygen atoms in total. The van der Waals surface area contributed by atoms with Crippen molar-refractivity contribution in [1.82, 2.24) is 0 Å². The van der Waals surface area contributed by atoms with Crippen molar-refractivity contribution < 1.29 is 9.15 Å². The predicted octanol–water partition coefficient (Wildman–Crippen LogP) is 3.80. The standard InChI is InChI=1S/C12H10BrNO2/c1-15-12-5-4-9(13)7-11(12)14-8-10-3-2-6-16-10/h2-8H,1H3. The Morgan fingerprint density at radius 1 is 1.38 bits per heavy atom. The molecule has 0 aliphatic heterocycles. The zero-order valence-corrected chi connectivity index (χ0v) is 10.3. The number of furan rings is 1. The highest BCUT2D eigenvalue weighted by Gasteiger charge is 2.01. The van der Waals surface area contributed by atoms with Gasteiger partial charge in [-0.3, -0.25) is 0 Å². The summed E-state index contributed by atoms with van der Waals surface area (Å²) in [5.41, 5.74) is 0.758. The fourth-order valence-corrected chi connectivity index (χ4v) is 1.61. The largest absolute Gasteiger partial charge is 0.494 e. The van der Waals surface area contributed by atoms with Crippen molar-refractivity contribution in [2.45, 2.75) is 0 Å². The zero-order chi connectivity index (χ0) is 11.4. The van der Waals surface area contributed by atoms with E-state index in [-0.39, 0.29) is 0 Å². The minimum atomic E-state index is 0.710. The highest BCUT2D eigenvalue weighted by atomic mass is 79.9. The molecule has 0 aliphatic rings. The number of ether oxygens (including phenoxy) is 1. The Hall–Kier alpha value is -1.55. The summed E-state index contributed by atoms with van der Waals surface area (Å²) in [7, 11) is 1.62. The minimum Gasteiger partial charge on any atom is -0.494 e. The van der Waals surface area contributed by atoms with Crippen LogP contribution in [0.1, 0.15) is 5.76 Å². The fraction of sp³-hybridized carbons (Fsp3) is 0.0833. The van der Waals surface area contributed by atoms with Crippen LogP contribution in [0.5, 0.6) is 5.75 Å². The summed E-state index contributed by atoms with van der Waals surface area (Å²) >= 11 is 3.39. The van der Waals surface area contributed by atoms with E-state index in [1.54, 1.807) is 19.6 Å². The maximum Gasteiger partial charge on any atom is 0.144 e. The third-order valence-corrected chi connectivity index (χ3v) is 2.51. The van der Waals surface area contributed by atoms with Crippen molar-refractivity contribution >= 4 is 27.8 Å². The molecule has 1 aromatic heterocycles. The van der Waals surface area contributed by atoms with Crippen molar-refractivity contribution in [3.05, 3.63) is 46.8 Å². The molecule has 1 heterocycles. The number of rotatable bonds is 3. The van der Waals surface area contributed by atoms with Gasteiger partial charge >= 0.3 is 0 Å². The van der Waals surface area contributed by atoms with Crippen LogP contribution in [0, 0.1) is 0 Å². The van der Waals surface area contributed by atoms with Crippen LogP contribution < -0.4 is 4.74 Å². The van der Waals surface area contributed by atoms with Gasteiger partial charge in [0.15, 0.2) is 0 Å². The Morgan fingerprint density at radius 3 is 2.94 bits per heavy atom. The summed E-state index contributed by atoms with van der Waals surface area (Å²) in [5, 5.41) is 0. The van der Waals surface area contributed by atoms with E-state index in [9.17, 15) is 0 Å². The first-order chi connectivity index (χ1) is 7.79. The Balaban J connectivity index is 2.29. The van der Waals surface area contributed by atoms with Crippen LogP contribution in [0.2, 0.25) is 0 Å². The number of nitrogens with zero attached hydrogens (tertiary/aromatic N) is 1. The maximum atomic E-state index is 5.21. The van der Waals surface area contributed by atoms with Crippen LogP contribution in [0.25, 0.3) is 0 Å². The molecule has 16 heavy (non-hydrogen) atoms. The monoisotopic (exact) mass is 279 g/mol. The van der Waals surface area contributed by atoms with E-state index in [1.165, 1.54) is 0 Å². The second kappa shape index (κ2) is 4.99. The second-order valence-electron chi connectivity index (χ2n) is 3.09. The van der Waals surface area contributed by atoms with Gasteiger partial charge in [-0.2, -0.15) is 0 Å². The first kappa shape index (κ1) is 11.0. The summed E-state index contributed by atoms with van der Waals surface area (Å²) in [6, 6.07) is 9.31. The van der Waals surface area contributed by atoms with E-state index in [0.29, 0.717) is 5.76 Å². The van der Waals surface area contributed by atoms with Crippen molar-refractivity contribution in [3.8, 4) is 5.75 Å². The molecule has 0 amide bonds. The third kappa shape index (κ3) is 2.52. The van der Waals surface area contributed by atoms with Gasteiger partial charge in [-0.05, 0) is 30.3 Å². The number of benzene rings is 1. The van der Waals surface area contributed by atoms with E-state index in [4.69, 9.17) is 9.15 Å². The molecular weight excluding hydrogens is 270 g/mol. The molecule has 0 radical (unpaired) electrons. The average molecular weight is 280 g/mol. The molecule has 4 heteroatoms. The summed E-state index contributed by atoms with van der Waals surface area (Å²) in [4.78, 5) is 4.31. The van der Waals surface area contributed by atoms with Gasteiger partial charge in [0.1, 0.15) is 17.2 Å². The van der Waals surface area contributed by atoms with E-state index in [2.05, 4.69) is 20.9 Å². The number of hydrogen-bond acceptors (Lipinski definition) is 3. The van der Waals surface area contributed by atoms with E-state index in [1.807, 2.05) is 30.3 Å². The van der Waals surface area contributed by atoms with E-state index >= 15 is 0 Å². The average Bonchev–Trinajstić information content (AvgIpc) is 2.79. The van der Waals surface area contributed by atoms with E-state index in [0.717, 1.165) is 15.9 Å². The lowest BCUT2D eigenvalue weighted by Crippen LogP contribution is -1.83. The van der Waals surface area contributed by atoms with Gasteiger partial charge in [-0.25, -0.2) is 4.99 Å². The van der Waals surface area contributed by atoms with Crippen molar-refractivity contribution in [1.29, 1.82) is 0 Å². The van der Waals surface area contributed by atoms with Gasteiger partial charge in [-0.1, -0.05) is 15.9 Å². The normalized spacial score (nSPS) is 10.9. The Kier molecular flexibility index (Phi) is 3.41. The molecule has 0 N–H and O–H groups in total. The molecule has 0 saturated carbocycles. The minimum absolute atomic E-state index is 0.710. The van der Waals surface area contributed by atoms with Gasteiger partial charge in [0.2, 0.25) is 0 Å². The molecule has 82 valence electrons. The molecule has 0 saturated heterocycles. The Labute approximate surface area is 102 Å². The van der Waals surface area contributed by atoms with Crippen LogP contribution in [0.4, 0.5) is 5.69 Å². The van der Waals surface area contributed by atoms with Gasteiger partial charge in [0.25, 0.3) is 0 Å². The summed E-state index contributed by atoms with van der Waals surface area (Å²) in [6.45, 7) is 0. The zero-order valence-electron chi connectivity index (χ0n) is 8.68. The van der Waals surface area contributed by atoms with Crippen molar-refractivity contribution in [2.75, 3.05) is 7.11 Å². The SMILES string of the molecule is COc1ccc(Br)cc1N=Cc1ccco1. The smallest absolute Gasteiger partial charge is 0.144 e. The quantitative estimate of drug-likeness (QED) is 0.801. The number of methoxy groups -OCH3 is 1. The lowest BCUT2D eigenvalue weighted by atomic mass is 10.3. The van der Waals surface area contributed by atoms with E-state index < -0.39 is 0 Å². The van der Waals surface area contributed by atoms with Gasteiger partial charge < -0.3 is 9.15 Å².